The van der Waals surface area contributed by atoms with Crippen LogP contribution in [0.5, 0.6) is 0 Å². The summed E-state index contributed by atoms with van der Waals surface area (Å²) in [5, 5.41) is 13.0. The quantitative estimate of drug-likeness (QED) is 0.874. The molecule has 2 heterocycles. The van der Waals surface area contributed by atoms with Crippen molar-refractivity contribution in [2.45, 2.75) is 19.9 Å². The molecule has 0 atom stereocenters. The molecule has 0 aliphatic heterocycles. The number of aromatic carboxylic acids is 1. The van der Waals surface area contributed by atoms with E-state index in [9.17, 15) is 4.79 Å². The predicted octanol–water partition coefficient (Wildman–Crippen LogP) is 2.05. The van der Waals surface area contributed by atoms with Gasteiger partial charge in [-0.2, -0.15) is 5.10 Å². The van der Waals surface area contributed by atoms with E-state index in [1.165, 1.54) is 6.07 Å². The monoisotopic (exact) mass is 231 g/mol. The number of hydrogen-bond acceptors (Lipinski definition) is 3. The zero-order valence-electron chi connectivity index (χ0n) is 9.50. The lowest BCUT2D eigenvalue weighted by atomic mass is 10.1. The second-order valence-electron chi connectivity index (χ2n) is 3.73. The molecule has 0 aliphatic rings. The minimum atomic E-state index is -1.02. The summed E-state index contributed by atoms with van der Waals surface area (Å²) in [6.45, 7) is 2.96. The Morgan fingerprint density at radius 2 is 2.18 bits per heavy atom. The zero-order valence-corrected chi connectivity index (χ0v) is 9.50. The third-order valence-corrected chi connectivity index (χ3v) is 2.40. The van der Waals surface area contributed by atoms with Crippen LogP contribution in [0, 0.1) is 0 Å². The second-order valence-corrected chi connectivity index (χ2v) is 3.73. The molecule has 0 radical (unpaired) electrons. The van der Waals surface area contributed by atoms with Gasteiger partial charge in [0.05, 0.1) is 6.20 Å². The van der Waals surface area contributed by atoms with Crippen molar-refractivity contribution in [1.82, 2.24) is 14.8 Å². The first kappa shape index (κ1) is 11.3. The molecule has 2 rings (SSSR count). The number of carboxylic acids is 1. The molecule has 0 unspecified atom stereocenters. The van der Waals surface area contributed by atoms with Crippen LogP contribution >= 0.6 is 0 Å². The topological polar surface area (TPSA) is 68.0 Å². The van der Waals surface area contributed by atoms with E-state index in [0.717, 1.165) is 24.1 Å². The molecule has 2 aromatic heterocycles. The van der Waals surface area contributed by atoms with Crippen molar-refractivity contribution >= 4 is 5.97 Å². The molecule has 2 aromatic rings. The maximum Gasteiger partial charge on any atom is 0.354 e. The molecular weight excluding hydrogens is 218 g/mol. The van der Waals surface area contributed by atoms with Crippen LogP contribution in [0.1, 0.15) is 23.8 Å². The van der Waals surface area contributed by atoms with Crippen LogP contribution in [-0.2, 0) is 6.54 Å². The highest BCUT2D eigenvalue weighted by Gasteiger charge is 2.06. The van der Waals surface area contributed by atoms with Gasteiger partial charge < -0.3 is 5.11 Å². The van der Waals surface area contributed by atoms with E-state index < -0.39 is 5.97 Å². The van der Waals surface area contributed by atoms with E-state index in [1.807, 2.05) is 10.9 Å². The molecule has 0 bridgehead atoms. The van der Waals surface area contributed by atoms with Gasteiger partial charge in [-0.3, -0.25) is 4.68 Å². The fraction of sp³-hybridized carbons (Fsp3) is 0.250. The molecule has 88 valence electrons. The number of carbonyl (C=O) groups is 1. The summed E-state index contributed by atoms with van der Waals surface area (Å²) in [6.07, 6.45) is 6.27. The molecule has 1 N–H and O–H groups in total. The first-order valence-electron chi connectivity index (χ1n) is 5.43. The lowest BCUT2D eigenvalue weighted by molar-refractivity contribution is 0.0690. The number of carboxylic acid groups (broad SMARTS) is 1. The van der Waals surface area contributed by atoms with E-state index in [4.69, 9.17) is 5.11 Å². The average Bonchev–Trinajstić information content (AvgIpc) is 2.78. The van der Waals surface area contributed by atoms with Gasteiger partial charge in [-0.15, -0.1) is 0 Å². The van der Waals surface area contributed by atoms with E-state index in [0.29, 0.717) is 0 Å². The molecule has 0 spiro atoms. The van der Waals surface area contributed by atoms with E-state index in [2.05, 4.69) is 17.0 Å². The van der Waals surface area contributed by atoms with E-state index in [-0.39, 0.29) is 5.69 Å². The van der Waals surface area contributed by atoms with Crippen molar-refractivity contribution < 1.29 is 9.90 Å². The summed E-state index contributed by atoms with van der Waals surface area (Å²) < 4.78 is 1.86. The maximum atomic E-state index is 10.7. The second kappa shape index (κ2) is 4.78. The smallest absolute Gasteiger partial charge is 0.354 e. The van der Waals surface area contributed by atoms with Crippen LogP contribution in [0.4, 0.5) is 0 Å². The summed E-state index contributed by atoms with van der Waals surface area (Å²) in [5.74, 6) is -1.02. The molecule has 17 heavy (non-hydrogen) atoms. The van der Waals surface area contributed by atoms with Crippen molar-refractivity contribution in [3.63, 3.8) is 0 Å². The fourth-order valence-electron chi connectivity index (χ4n) is 1.56. The van der Waals surface area contributed by atoms with Gasteiger partial charge >= 0.3 is 5.97 Å². The van der Waals surface area contributed by atoms with Crippen LogP contribution in [0.25, 0.3) is 11.1 Å². The summed E-state index contributed by atoms with van der Waals surface area (Å²) in [4.78, 5) is 14.5. The lowest BCUT2D eigenvalue weighted by Gasteiger charge is -1.98. The molecule has 0 amide bonds. The van der Waals surface area contributed by atoms with Crippen molar-refractivity contribution in [1.29, 1.82) is 0 Å². The number of pyridine rings is 1. The Morgan fingerprint density at radius 3 is 2.76 bits per heavy atom. The molecule has 0 aliphatic carbocycles. The van der Waals surface area contributed by atoms with Crippen LogP contribution in [0.15, 0.2) is 30.7 Å². The van der Waals surface area contributed by atoms with Gasteiger partial charge in [-0.1, -0.05) is 13.0 Å². The van der Waals surface area contributed by atoms with E-state index >= 15 is 0 Å². The van der Waals surface area contributed by atoms with Crippen LogP contribution in [-0.4, -0.2) is 25.8 Å². The Hall–Kier alpha value is -2.17. The van der Waals surface area contributed by atoms with E-state index in [1.54, 1.807) is 18.5 Å². The molecule has 0 saturated carbocycles. The minimum absolute atomic E-state index is 0.0506. The highest BCUT2D eigenvalue weighted by molar-refractivity contribution is 5.85. The van der Waals surface area contributed by atoms with Gasteiger partial charge in [0.2, 0.25) is 0 Å². The van der Waals surface area contributed by atoms with Crippen LogP contribution < -0.4 is 0 Å². The Kier molecular flexibility index (Phi) is 3.18. The number of rotatable bonds is 4. The average molecular weight is 231 g/mol. The van der Waals surface area contributed by atoms with Gasteiger partial charge in [0.25, 0.3) is 0 Å². The minimum Gasteiger partial charge on any atom is -0.477 e. The third-order valence-electron chi connectivity index (χ3n) is 2.40. The summed E-state index contributed by atoms with van der Waals surface area (Å²) in [7, 11) is 0. The van der Waals surface area contributed by atoms with Gasteiger partial charge in [0, 0.05) is 30.1 Å². The Labute approximate surface area is 98.7 Å². The molecule has 5 nitrogen and oxygen atoms in total. The normalized spacial score (nSPS) is 10.4. The molecular formula is C12H13N3O2. The molecule has 0 fully saturated rings. The predicted molar refractivity (Wildman–Crippen MR) is 62.7 cm³/mol. The van der Waals surface area contributed by atoms with Gasteiger partial charge in [-0.05, 0) is 12.5 Å². The van der Waals surface area contributed by atoms with Crippen molar-refractivity contribution in [2.75, 3.05) is 0 Å². The van der Waals surface area contributed by atoms with Gasteiger partial charge in [0.15, 0.2) is 0 Å². The summed E-state index contributed by atoms with van der Waals surface area (Å²) >= 11 is 0. The Morgan fingerprint density at radius 1 is 1.35 bits per heavy atom. The first-order chi connectivity index (χ1) is 8.20. The molecule has 5 heteroatoms. The summed E-state index contributed by atoms with van der Waals surface area (Å²) in [6, 6.07) is 3.23. The molecule has 0 aromatic carbocycles. The lowest BCUT2D eigenvalue weighted by Crippen LogP contribution is -1.99. The maximum absolute atomic E-state index is 10.7. The van der Waals surface area contributed by atoms with Crippen LogP contribution in [0.2, 0.25) is 0 Å². The number of hydrogen-bond donors (Lipinski definition) is 1. The SMILES string of the molecule is CCCn1cc(-c2ccc(C(=O)O)nc2)cn1. The number of aromatic nitrogens is 3. The first-order valence-corrected chi connectivity index (χ1v) is 5.43. The highest BCUT2D eigenvalue weighted by atomic mass is 16.4. The standard InChI is InChI=1S/C12H13N3O2/c1-2-5-15-8-10(7-14-15)9-3-4-11(12(16)17)13-6-9/h3-4,6-8H,2,5H2,1H3,(H,16,17). The third kappa shape index (κ3) is 2.50. The summed E-state index contributed by atoms with van der Waals surface area (Å²) in [5.41, 5.74) is 1.87. The number of nitrogens with zero attached hydrogens (tertiary/aromatic N) is 3. The molecule has 0 saturated heterocycles. The van der Waals surface area contributed by atoms with Gasteiger partial charge in [0.1, 0.15) is 5.69 Å². The fourth-order valence-corrected chi connectivity index (χ4v) is 1.56. The van der Waals surface area contributed by atoms with Gasteiger partial charge in [-0.25, -0.2) is 9.78 Å². The van der Waals surface area contributed by atoms with Crippen molar-refractivity contribution in [3.05, 3.63) is 36.4 Å². The van der Waals surface area contributed by atoms with Crippen molar-refractivity contribution in [3.8, 4) is 11.1 Å². The number of aryl methyl sites for hydroxylation is 1. The Bertz CT molecular complexity index is 517. The van der Waals surface area contributed by atoms with Crippen LogP contribution in [0.3, 0.4) is 0 Å². The zero-order chi connectivity index (χ0) is 12.3. The highest BCUT2D eigenvalue weighted by Crippen LogP contribution is 2.17. The Balaban J connectivity index is 2.23. The largest absolute Gasteiger partial charge is 0.477 e. The van der Waals surface area contributed by atoms with Crippen molar-refractivity contribution in [2.24, 2.45) is 0 Å².